The molecule has 1 fully saturated rings. The predicted molar refractivity (Wildman–Crippen MR) is 82.6 cm³/mol. The summed E-state index contributed by atoms with van der Waals surface area (Å²) in [7, 11) is -3.43. The van der Waals surface area contributed by atoms with Gasteiger partial charge in [-0.2, -0.15) is 5.10 Å². The SMILES string of the molecule is CCCNCCn1cc(S(=O)(=O)NC2CCCCC2)cn1. The summed E-state index contributed by atoms with van der Waals surface area (Å²) in [6, 6.07) is 0.0818. The molecule has 7 heteroatoms. The highest BCUT2D eigenvalue weighted by Crippen LogP contribution is 2.19. The maximum absolute atomic E-state index is 12.3. The van der Waals surface area contributed by atoms with E-state index in [0.717, 1.165) is 45.2 Å². The molecule has 1 aliphatic rings. The van der Waals surface area contributed by atoms with Gasteiger partial charge in [0.1, 0.15) is 4.90 Å². The summed E-state index contributed by atoms with van der Waals surface area (Å²) < 4.78 is 29.1. The molecule has 1 heterocycles. The van der Waals surface area contributed by atoms with Gasteiger partial charge in [0.05, 0.1) is 12.7 Å². The van der Waals surface area contributed by atoms with Crippen LogP contribution in [0.3, 0.4) is 0 Å². The van der Waals surface area contributed by atoms with Crippen LogP contribution in [-0.2, 0) is 16.6 Å². The number of hydrogen-bond acceptors (Lipinski definition) is 4. The highest BCUT2D eigenvalue weighted by molar-refractivity contribution is 7.89. The second-order valence-electron chi connectivity index (χ2n) is 5.65. The Hall–Kier alpha value is -0.920. The highest BCUT2D eigenvalue weighted by Gasteiger charge is 2.22. The monoisotopic (exact) mass is 314 g/mol. The lowest BCUT2D eigenvalue weighted by Crippen LogP contribution is -2.36. The van der Waals surface area contributed by atoms with Crippen molar-refractivity contribution in [1.29, 1.82) is 0 Å². The van der Waals surface area contributed by atoms with E-state index >= 15 is 0 Å². The Kier molecular flexibility index (Phi) is 6.20. The molecule has 0 atom stereocenters. The number of nitrogens with zero attached hydrogens (tertiary/aromatic N) is 2. The molecule has 0 aliphatic heterocycles. The molecule has 0 spiro atoms. The van der Waals surface area contributed by atoms with E-state index in [-0.39, 0.29) is 10.9 Å². The number of sulfonamides is 1. The van der Waals surface area contributed by atoms with E-state index in [2.05, 4.69) is 22.1 Å². The van der Waals surface area contributed by atoms with Crippen molar-refractivity contribution >= 4 is 10.0 Å². The molecule has 0 bridgehead atoms. The Bertz CT molecular complexity index is 521. The van der Waals surface area contributed by atoms with Gasteiger partial charge in [0, 0.05) is 18.8 Å². The zero-order valence-electron chi connectivity index (χ0n) is 12.7. The van der Waals surface area contributed by atoms with E-state index in [1.54, 1.807) is 10.9 Å². The van der Waals surface area contributed by atoms with Crippen molar-refractivity contribution in [2.45, 2.75) is 62.9 Å². The molecule has 1 saturated carbocycles. The van der Waals surface area contributed by atoms with Gasteiger partial charge >= 0.3 is 0 Å². The Morgan fingerprint density at radius 1 is 1.29 bits per heavy atom. The van der Waals surface area contributed by atoms with Crippen molar-refractivity contribution in [3.8, 4) is 0 Å². The van der Waals surface area contributed by atoms with Gasteiger partial charge in [-0.3, -0.25) is 4.68 Å². The van der Waals surface area contributed by atoms with E-state index in [4.69, 9.17) is 0 Å². The fourth-order valence-electron chi connectivity index (χ4n) is 2.61. The number of rotatable bonds is 8. The lowest BCUT2D eigenvalue weighted by Gasteiger charge is -2.22. The molecule has 0 amide bonds. The molecule has 0 unspecified atom stereocenters. The van der Waals surface area contributed by atoms with Gasteiger partial charge in [0.15, 0.2) is 0 Å². The summed E-state index contributed by atoms with van der Waals surface area (Å²) in [6.07, 6.45) is 9.43. The van der Waals surface area contributed by atoms with Crippen molar-refractivity contribution < 1.29 is 8.42 Å². The van der Waals surface area contributed by atoms with Gasteiger partial charge < -0.3 is 5.32 Å². The van der Waals surface area contributed by atoms with Gasteiger partial charge in [0.2, 0.25) is 10.0 Å². The van der Waals surface area contributed by atoms with Crippen LogP contribution in [0.4, 0.5) is 0 Å². The molecule has 1 aromatic rings. The second kappa shape index (κ2) is 7.91. The smallest absolute Gasteiger partial charge is 0.243 e. The fourth-order valence-corrected chi connectivity index (χ4v) is 3.87. The van der Waals surface area contributed by atoms with E-state index < -0.39 is 10.0 Å². The van der Waals surface area contributed by atoms with Gasteiger partial charge in [-0.05, 0) is 25.8 Å². The molecule has 0 saturated heterocycles. The Morgan fingerprint density at radius 2 is 2.05 bits per heavy atom. The van der Waals surface area contributed by atoms with E-state index in [1.807, 2.05) is 0 Å². The molecular weight excluding hydrogens is 288 g/mol. The maximum atomic E-state index is 12.3. The minimum absolute atomic E-state index is 0.0818. The first kappa shape index (κ1) is 16.5. The van der Waals surface area contributed by atoms with Crippen molar-refractivity contribution in [1.82, 2.24) is 19.8 Å². The topological polar surface area (TPSA) is 76.0 Å². The maximum Gasteiger partial charge on any atom is 0.243 e. The standard InChI is InChI=1S/C14H26N4O2S/c1-2-8-15-9-10-18-12-14(11-16-18)21(19,20)17-13-6-4-3-5-7-13/h11-13,15,17H,2-10H2,1H3. The van der Waals surface area contributed by atoms with Crippen LogP contribution in [0, 0.1) is 0 Å². The van der Waals surface area contributed by atoms with Crippen molar-refractivity contribution in [2.24, 2.45) is 0 Å². The largest absolute Gasteiger partial charge is 0.315 e. The fraction of sp³-hybridized carbons (Fsp3) is 0.786. The summed E-state index contributed by atoms with van der Waals surface area (Å²) in [5.74, 6) is 0. The molecule has 1 aliphatic carbocycles. The first-order valence-corrected chi connectivity index (χ1v) is 9.35. The quantitative estimate of drug-likeness (QED) is 0.713. The highest BCUT2D eigenvalue weighted by atomic mass is 32.2. The summed E-state index contributed by atoms with van der Waals surface area (Å²) in [4.78, 5) is 0.267. The third-order valence-corrected chi connectivity index (χ3v) is 5.27. The van der Waals surface area contributed by atoms with Crippen LogP contribution < -0.4 is 10.0 Å². The summed E-state index contributed by atoms with van der Waals surface area (Å²) >= 11 is 0. The summed E-state index contributed by atoms with van der Waals surface area (Å²) in [6.45, 7) is 4.56. The molecule has 21 heavy (non-hydrogen) atoms. The molecule has 0 aromatic carbocycles. The van der Waals surface area contributed by atoms with Gasteiger partial charge in [0.25, 0.3) is 0 Å². The van der Waals surface area contributed by atoms with Gasteiger partial charge in [-0.25, -0.2) is 13.1 Å². The third-order valence-electron chi connectivity index (χ3n) is 3.79. The van der Waals surface area contributed by atoms with Crippen molar-refractivity contribution in [3.63, 3.8) is 0 Å². The molecular formula is C14H26N4O2S. The van der Waals surface area contributed by atoms with Crippen LogP contribution in [0.1, 0.15) is 45.4 Å². The zero-order chi connectivity index (χ0) is 15.1. The zero-order valence-corrected chi connectivity index (χ0v) is 13.5. The van der Waals surface area contributed by atoms with Gasteiger partial charge in [-0.1, -0.05) is 26.2 Å². The van der Waals surface area contributed by atoms with E-state index in [9.17, 15) is 8.42 Å². The lowest BCUT2D eigenvalue weighted by molar-refractivity contribution is 0.412. The predicted octanol–water partition coefficient (Wildman–Crippen LogP) is 1.49. The number of aromatic nitrogens is 2. The van der Waals surface area contributed by atoms with Crippen LogP contribution in [0.25, 0.3) is 0 Å². The Morgan fingerprint density at radius 3 is 2.76 bits per heavy atom. The van der Waals surface area contributed by atoms with E-state index in [1.165, 1.54) is 12.6 Å². The first-order valence-electron chi connectivity index (χ1n) is 7.87. The normalized spacial score (nSPS) is 17.2. The average Bonchev–Trinajstić information content (AvgIpc) is 2.94. The molecule has 2 rings (SSSR count). The van der Waals surface area contributed by atoms with Crippen LogP contribution in [0.2, 0.25) is 0 Å². The lowest BCUT2D eigenvalue weighted by atomic mass is 9.96. The van der Waals surface area contributed by atoms with Crippen LogP contribution >= 0.6 is 0 Å². The van der Waals surface area contributed by atoms with E-state index in [0.29, 0.717) is 6.54 Å². The average molecular weight is 314 g/mol. The van der Waals surface area contributed by atoms with Crippen molar-refractivity contribution in [3.05, 3.63) is 12.4 Å². The minimum Gasteiger partial charge on any atom is -0.315 e. The second-order valence-corrected chi connectivity index (χ2v) is 7.36. The number of hydrogen-bond donors (Lipinski definition) is 2. The molecule has 1 aromatic heterocycles. The molecule has 0 radical (unpaired) electrons. The molecule has 120 valence electrons. The molecule has 2 N–H and O–H groups in total. The van der Waals surface area contributed by atoms with Gasteiger partial charge in [-0.15, -0.1) is 0 Å². The summed E-state index contributed by atoms with van der Waals surface area (Å²) in [5, 5.41) is 7.40. The summed E-state index contributed by atoms with van der Waals surface area (Å²) in [5.41, 5.74) is 0. The number of nitrogens with one attached hydrogen (secondary N) is 2. The Balaban J connectivity index is 1.89. The third kappa shape index (κ3) is 5.09. The van der Waals surface area contributed by atoms with Crippen LogP contribution in [0.15, 0.2) is 17.3 Å². The van der Waals surface area contributed by atoms with Crippen LogP contribution in [-0.4, -0.2) is 37.3 Å². The van der Waals surface area contributed by atoms with Crippen LogP contribution in [0.5, 0.6) is 0 Å². The first-order chi connectivity index (χ1) is 10.1. The Labute approximate surface area is 127 Å². The minimum atomic E-state index is -3.43. The molecule has 6 nitrogen and oxygen atoms in total. The van der Waals surface area contributed by atoms with Crippen molar-refractivity contribution in [2.75, 3.05) is 13.1 Å².